The molecule has 0 aromatic carbocycles. The van der Waals surface area contributed by atoms with Crippen molar-refractivity contribution < 1.29 is 5.11 Å². The second-order valence-electron chi connectivity index (χ2n) is 2.96. The summed E-state index contributed by atoms with van der Waals surface area (Å²) in [5.41, 5.74) is -0.405. The largest absolute Gasteiger partial charge is 0.389 e. The van der Waals surface area contributed by atoms with Crippen LogP contribution in [0, 0.1) is 0 Å². The number of hydrogen-bond donors (Lipinski definition) is 1. The van der Waals surface area contributed by atoms with Gasteiger partial charge in [-0.25, -0.2) is 4.98 Å². The monoisotopic (exact) mass is 233 g/mol. The number of rotatable bonds is 2. The highest BCUT2D eigenvalue weighted by atomic mass is 79.9. The summed E-state index contributed by atoms with van der Waals surface area (Å²) in [4.78, 5) is 4.15. The topological polar surface area (TPSA) is 33.1 Å². The van der Waals surface area contributed by atoms with Crippen LogP contribution in [-0.2, 0) is 6.42 Å². The van der Waals surface area contributed by atoms with Crippen LogP contribution >= 0.6 is 27.3 Å². The summed E-state index contributed by atoms with van der Waals surface area (Å²) in [6.45, 7) is 0. The van der Waals surface area contributed by atoms with Gasteiger partial charge in [0.1, 0.15) is 0 Å². The molecule has 2 rings (SSSR count). The molecular weight excluding hydrogens is 226 g/mol. The maximum Gasteiger partial charge on any atom is 0.0965 e. The zero-order valence-electron chi connectivity index (χ0n) is 5.88. The predicted octanol–water partition coefficient (Wildman–Crippen LogP) is 1.97. The minimum absolute atomic E-state index is 0.405. The summed E-state index contributed by atoms with van der Waals surface area (Å²) >= 11 is 4.93. The van der Waals surface area contributed by atoms with Crippen LogP contribution in [0.4, 0.5) is 0 Å². The van der Waals surface area contributed by atoms with Gasteiger partial charge in [0.2, 0.25) is 0 Å². The molecule has 1 aromatic rings. The molecule has 0 atom stereocenters. The van der Waals surface area contributed by atoms with Crippen molar-refractivity contribution in [2.45, 2.75) is 24.9 Å². The van der Waals surface area contributed by atoms with E-state index >= 15 is 0 Å². The Balaban J connectivity index is 2.06. The first kappa shape index (κ1) is 7.71. The highest BCUT2D eigenvalue weighted by Crippen LogP contribution is 2.39. The van der Waals surface area contributed by atoms with Crippen LogP contribution in [0.3, 0.4) is 0 Å². The first-order valence-corrected chi connectivity index (χ1v) is 5.12. The second kappa shape index (κ2) is 2.54. The van der Waals surface area contributed by atoms with Gasteiger partial charge in [-0.2, -0.15) is 0 Å². The number of thiazole rings is 1. The highest BCUT2D eigenvalue weighted by Gasteiger charge is 2.40. The molecule has 0 bridgehead atoms. The quantitative estimate of drug-likeness (QED) is 0.848. The minimum Gasteiger partial charge on any atom is -0.389 e. The zero-order chi connectivity index (χ0) is 7.90. The van der Waals surface area contributed by atoms with E-state index in [1.165, 1.54) is 0 Å². The lowest BCUT2D eigenvalue weighted by atomic mass is 10.2. The third-order valence-corrected chi connectivity index (χ3v) is 3.31. The molecule has 60 valence electrons. The molecule has 0 aliphatic heterocycles. The normalized spacial score (nSPS) is 20.2. The summed E-state index contributed by atoms with van der Waals surface area (Å²) in [7, 11) is 0. The fourth-order valence-corrected chi connectivity index (χ4v) is 2.41. The molecule has 1 aliphatic carbocycles. The zero-order valence-corrected chi connectivity index (χ0v) is 8.28. The summed E-state index contributed by atoms with van der Waals surface area (Å²) in [5.74, 6) is 0. The Morgan fingerprint density at radius 3 is 2.91 bits per heavy atom. The summed E-state index contributed by atoms with van der Waals surface area (Å²) < 4.78 is 1.04. The van der Waals surface area contributed by atoms with Gasteiger partial charge in [0.25, 0.3) is 0 Å². The molecule has 1 aromatic heterocycles. The van der Waals surface area contributed by atoms with Gasteiger partial charge in [0.15, 0.2) is 0 Å². The molecule has 0 unspecified atom stereocenters. The summed E-state index contributed by atoms with van der Waals surface area (Å²) in [6, 6.07) is 0. The summed E-state index contributed by atoms with van der Waals surface area (Å²) in [5, 5.41) is 10.6. The summed E-state index contributed by atoms with van der Waals surface area (Å²) in [6.07, 6.45) is 4.38. The number of halogens is 1. The van der Waals surface area contributed by atoms with Crippen molar-refractivity contribution in [1.82, 2.24) is 4.98 Å². The van der Waals surface area contributed by atoms with Gasteiger partial charge in [0, 0.05) is 6.42 Å². The van der Waals surface area contributed by atoms with Crippen LogP contribution in [0.5, 0.6) is 0 Å². The van der Waals surface area contributed by atoms with E-state index in [0.29, 0.717) is 0 Å². The average Bonchev–Trinajstić information content (AvgIpc) is 2.49. The Bertz CT molecular complexity index is 269. The van der Waals surface area contributed by atoms with E-state index in [1.807, 2.05) is 0 Å². The molecule has 1 saturated carbocycles. The van der Waals surface area contributed by atoms with Gasteiger partial charge >= 0.3 is 0 Å². The van der Waals surface area contributed by atoms with Crippen LogP contribution in [-0.4, -0.2) is 15.7 Å². The second-order valence-corrected chi connectivity index (χ2v) is 5.45. The van der Waals surface area contributed by atoms with Gasteiger partial charge < -0.3 is 5.11 Å². The first-order chi connectivity index (χ1) is 5.18. The number of nitrogens with zero attached hydrogens (tertiary/aromatic N) is 1. The van der Waals surface area contributed by atoms with E-state index in [-0.39, 0.29) is 0 Å². The molecular formula is C7H8BrNOS. The molecule has 0 spiro atoms. The molecule has 0 amide bonds. The lowest BCUT2D eigenvalue weighted by Gasteiger charge is -2.01. The maximum absolute atomic E-state index is 9.54. The van der Waals surface area contributed by atoms with Gasteiger partial charge in [-0.3, -0.25) is 0 Å². The van der Waals surface area contributed by atoms with Crippen molar-refractivity contribution in [2.24, 2.45) is 0 Å². The Hall–Kier alpha value is 0.0700. The standard InChI is InChI=1S/C7H8BrNOS/c8-5-4-9-6(11-5)3-7(10)1-2-7/h4,10H,1-3H2. The smallest absolute Gasteiger partial charge is 0.0965 e. The van der Waals surface area contributed by atoms with Gasteiger partial charge in [-0.15, -0.1) is 11.3 Å². The molecule has 0 saturated heterocycles. The minimum atomic E-state index is -0.405. The molecule has 1 aliphatic rings. The first-order valence-electron chi connectivity index (χ1n) is 3.51. The van der Waals surface area contributed by atoms with Gasteiger partial charge in [-0.05, 0) is 28.8 Å². The van der Waals surface area contributed by atoms with E-state index in [1.54, 1.807) is 17.5 Å². The molecule has 1 N–H and O–H groups in total. The van der Waals surface area contributed by atoms with E-state index in [9.17, 15) is 5.11 Å². The fraction of sp³-hybridized carbons (Fsp3) is 0.571. The van der Waals surface area contributed by atoms with Crippen LogP contribution < -0.4 is 0 Å². The van der Waals surface area contributed by atoms with Crippen LogP contribution in [0.2, 0.25) is 0 Å². The molecule has 11 heavy (non-hydrogen) atoms. The molecule has 0 radical (unpaired) electrons. The van der Waals surface area contributed by atoms with Crippen LogP contribution in [0.1, 0.15) is 17.8 Å². The van der Waals surface area contributed by atoms with Crippen molar-refractivity contribution in [3.63, 3.8) is 0 Å². The third kappa shape index (κ3) is 1.80. The molecule has 1 heterocycles. The SMILES string of the molecule is OC1(Cc2ncc(Br)s2)CC1. The van der Waals surface area contributed by atoms with E-state index < -0.39 is 5.60 Å². The Morgan fingerprint density at radius 2 is 2.45 bits per heavy atom. The van der Waals surface area contributed by atoms with Crippen molar-refractivity contribution in [3.8, 4) is 0 Å². The fourth-order valence-electron chi connectivity index (χ4n) is 0.972. The van der Waals surface area contributed by atoms with Crippen molar-refractivity contribution in [3.05, 3.63) is 15.0 Å². The highest BCUT2D eigenvalue weighted by molar-refractivity contribution is 9.11. The maximum atomic E-state index is 9.54. The predicted molar refractivity (Wildman–Crippen MR) is 47.7 cm³/mol. The lowest BCUT2D eigenvalue weighted by Crippen LogP contribution is -2.09. The number of hydrogen-bond acceptors (Lipinski definition) is 3. The van der Waals surface area contributed by atoms with E-state index in [0.717, 1.165) is 28.1 Å². The van der Waals surface area contributed by atoms with Crippen LogP contribution in [0.15, 0.2) is 9.98 Å². The number of aromatic nitrogens is 1. The Kier molecular flexibility index (Phi) is 1.78. The third-order valence-electron chi connectivity index (χ3n) is 1.83. The Labute approximate surface area is 77.4 Å². The molecule has 2 nitrogen and oxygen atoms in total. The van der Waals surface area contributed by atoms with Crippen molar-refractivity contribution >= 4 is 27.3 Å². The van der Waals surface area contributed by atoms with Crippen molar-refractivity contribution in [1.29, 1.82) is 0 Å². The lowest BCUT2D eigenvalue weighted by molar-refractivity contribution is 0.151. The Morgan fingerprint density at radius 1 is 1.73 bits per heavy atom. The van der Waals surface area contributed by atoms with E-state index in [2.05, 4.69) is 20.9 Å². The van der Waals surface area contributed by atoms with Gasteiger partial charge in [0.05, 0.1) is 20.6 Å². The van der Waals surface area contributed by atoms with E-state index in [4.69, 9.17) is 0 Å². The number of aliphatic hydroxyl groups is 1. The average molecular weight is 234 g/mol. The van der Waals surface area contributed by atoms with Gasteiger partial charge in [-0.1, -0.05) is 0 Å². The molecule has 4 heteroatoms. The molecule has 1 fully saturated rings. The van der Waals surface area contributed by atoms with Crippen molar-refractivity contribution in [2.75, 3.05) is 0 Å². The van der Waals surface area contributed by atoms with Crippen LogP contribution in [0.25, 0.3) is 0 Å².